The van der Waals surface area contributed by atoms with Crippen molar-refractivity contribution in [2.45, 2.75) is 31.8 Å². The van der Waals surface area contributed by atoms with Gasteiger partial charge < -0.3 is 19.7 Å². The minimum atomic E-state index is -0.903. The van der Waals surface area contributed by atoms with Crippen molar-refractivity contribution in [1.29, 1.82) is 0 Å². The Morgan fingerprint density at radius 3 is 2.36 bits per heavy atom. The zero-order chi connectivity index (χ0) is 31.5. The highest BCUT2D eigenvalue weighted by atomic mass is 35.5. The van der Waals surface area contributed by atoms with E-state index >= 15 is 0 Å². The summed E-state index contributed by atoms with van der Waals surface area (Å²) in [6, 6.07) is 17.5. The fourth-order valence-electron chi connectivity index (χ4n) is 6.21. The Morgan fingerprint density at radius 2 is 1.62 bits per heavy atom. The van der Waals surface area contributed by atoms with E-state index in [4.69, 9.17) is 32.7 Å². The monoisotopic (exact) mass is 650 g/mol. The second-order valence-corrected chi connectivity index (χ2v) is 12.4. The zero-order valence-electron chi connectivity index (χ0n) is 25.1. The molecule has 6 rings (SSSR count). The Kier molecular flexibility index (Phi) is 9.61. The Labute approximate surface area is 273 Å². The third kappa shape index (κ3) is 6.82. The van der Waals surface area contributed by atoms with Gasteiger partial charge >= 0.3 is 0 Å². The van der Waals surface area contributed by atoms with E-state index in [1.165, 1.54) is 4.90 Å². The minimum absolute atomic E-state index is 0.0415. The summed E-state index contributed by atoms with van der Waals surface area (Å²) in [5.41, 5.74) is 3.64. The van der Waals surface area contributed by atoms with Crippen LogP contribution in [0.3, 0.4) is 0 Å². The second-order valence-electron chi connectivity index (χ2n) is 11.6. The first-order valence-corrected chi connectivity index (χ1v) is 16.1. The lowest BCUT2D eigenvalue weighted by Crippen LogP contribution is -2.53. The standard InChI is InChI=1S/C34H36Cl2N4O5/c1-22(40-30-18-27(35)28(36)19-31(30)45-21-32(40)41)33(42)37-29(20-38-13-15-44-16-14-38)26-17-24(23-7-3-2-4-8-23)9-10-25(26)34(43)39-11-5-6-12-39/h2-4,7-10,17-19,22,29H,5-6,11-16,20-21H2,1H3,(H,37,42). The van der Waals surface area contributed by atoms with E-state index in [-0.39, 0.29) is 29.4 Å². The van der Waals surface area contributed by atoms with Crippen molar-refractivity contribution in [3.63, 3.8) is 0 Å². The molecule has 2 fully saturated rings. The maximum atomic E-state index is 14.1. The van der Waals surface area contributed by atoms with Gasteiger partial charge in [-0.25, -0.2) is 0 Å². The van der Waals surface area contributed by atoms with Crippen LogP contribution < -0.4 is 15.0 Å². The van der Waals surface area contributed by atoms with Crippen molar-refractivity contribution in [1.82, 2.24) is 15.1 Å². The number of benzene rings is 3. The maximum Gasteiger partial charge on any atom is 0.265 e. The highest BCUT2D eigenvalue weighted by molar-refractivity contribution is 6.42. The van der Waals surface area contributed by atoms with Crippen molar-refractivity contribution in [3.05, 3.63) is 81.8 Å². The van der Waals surface area contributed by atoms with Crippen molar-refractivity contribution in [2.75, 3.05) is 57.4 Å². The fraction of sp³-hybridized carbons (Fsp3) is 0.382. The number of nitrogens with zero attached hydrogens (tertiary/aromatic N) is 3. The van der Waals surface area contributed by atoms with E-state index in [1.807, 2.05) is 53.4 Å². The lowest BCUT2D eigenvalue weighted by atomic mass is 9.93. The highest BCUT2D eigenvalue weighted by Gasteiger charge is 2.36. The largest absolute Gasteiger partial charge is 0.482 e. The van der Waals surface area contributed by atoms with Gasteiger partial charge in [-0.2, -0.15) is 0 Å². The Bertz CT molecular complexity index is 1570. The number of carbonyl (C=O) groups excluding carboxylic acids is 3. The number of rotatable bonds is 8. The molecule has 0 bridgehead atoms. The average Bonchev–Trinajstić information content (AvgIpc) is 3.61. The molecule has 3 aromatic carbocycles. The second kappa shape index (κ2) is 13.8. The average molecular weight is 652 g/mol. The Morgan fingerprint density at radius 1 is 0.911 bits per heavy atom. The molecule has 3 aromatic rings. The number of hydrogen-bond donors (Lipinski definition) is 1. The molecule has 236 valence electrons. The molecule has 3 aliphatic rings. The van der Waals surface area contributed by atoms with Gasteiger partial charge in [0.15, 0.2) is 6.61 Å². The minimum Gasteiger partial charge on any atom is -0.482 e. The fourth-order valence-corrected chi connectivity index (χ4v) is 6.52. The van der Waals surface area contributed by atoms with E-state index in [0.29, 0.717) is 68.0 Å². The van der Waals surface area contributed by atoms with Crippen LogP contribution in [-0.4, -0.2) is 86.1 Å². The number of anilines is 1. The van der Waals surface area contributed by atoms with E-state index in [0.717, 1.165) is 29.5 Å². The molecule has 2 atom stereocenters. The summed E-state index contributed by atoms with van der Waals surface area (Å²) < 4.78 is 11.2. The summed E-state index contributed by atoms with van der Waals surface area (Å²) in [6.45, 7) is 5.90. The SMILES string of the molecule is CC(C(=O)NC(CN1CCOCC1)c1cc(-c2ccccc2)ccc1C(=O)N1CCCC1)N1C(=O)COc2cc(Cl)c(Cl)cc21. The maximum absolute atomic E-state index is 14.1. The molecule has 3 heterocycles. The van der Waals surface area contributed by atoms with Crippen LogP contribution in [-0.2, 0) is 14.3 Å². The smallest absolute Gasteiger partial charge is 0.265 e. The molecule has 3 amide bonds. The first-order valence-electron chi connectivity index (χ1n) is 15.3. The van der Waals surface area contributed by atoms with Crippen LogP contribution >= 0.6 is 23.2 Å². The van der Waals surface area contributed by atoms with Crippen LogP contribution in [0.5, 0.6) is 5.75 Å². The number of hydrogen-bond acceptors (Lipinski definition) is 6. The molecule has 0 aromatic heterocycles. The number of morpholine rings is 1. The van der Waals surface area contributed by atoms with Gasteiger partial charge in [-0.3, -0.25) is 24.2 Å². The molecular weight excluding hydrogens is 615 g/mol. The Hall–Kier alpha value is -3.63. The number of carbonyl (C=O) groups is 3. The molecule has 45 heavy (non-hydrogen) atoms. The van der Waals surface area contributed by atoms with Crippen LogP contribution in [0.4, 0.5) is 5.69 Å². The summed E-state index contributed by atoms with van der Waals surface area (Å²) in [5, 5.41) is 3.78. The van der Waals surface area contributed by atoms with Crippen LogP contribution in [0.2, 0.25) is 10.0 Å². The highest BCUT2D eigenvalue weighted by Crippen LogP contribution is 2.40. The van der Waals surface area contributed by atoms with Crippen LogP contribution in [0.1, 0.15) is 41.7 Å². The van der Waals surface area contributed by atoms with E-state index < -0.39 is 12.1 Å². The van der Waals surface area contributed by atoms with Gasteiger partial charge in [0.25, 0.3) is 11.8 Å². The van der Waals surface area contributed by atoms with Gasteiger partial charge in [-0.05, 0) is 54.7 Å². The number of ether oxygens (including phenoxy) is 2. The normalized spacial score (nSPS) is 18.2. The summed E-state index contributed by atoms with van der Waals surface area (Å²) in [5.74, 6) is -0.405. The summed E-state index contributed by atoms with van der Waals surface area (Å²) >= 11 is 12.5. The first kappa shape index (κ1) is 31.4. The van der Waals surface area contributed by atoms with Gasteiger partial charge in [0.2, 0.25) is 5.91 Å². The summed E-state index contributed by atoms with van der Waals surface area (Å²) in [7, 11) is 0. The third-order valence-electron chi connectivity index (χ3n) is 8.67. The van der Waals surface area contributed by atoms with Crippen molar-refractivity contribution >= 4 is 46.6 Å². The molecule has 2 saturated heterocycles. The van der Waals surface area contributed by atoms with E-state index in [2.05, 4.69) is 10.2 Å². The topological polar surface area (TPSA) is 91.4 Å². The molecule has 1 N–H and O–H groups in total. The molecule has 9 nitrogen and oxygen atoms in total. The third-order valence-corrected chi connectivity index (χ3v) is 9.39. The molecule has 0 radical (unpaired) electrons. The number of likely N-dealkylation sites (tertiary alicyclic amines) is 1. The molecular formula is C34H36Cl2N4O5. The number of halogens is 2. The predicted octanol–water partition coefficient (Wildman–Crippen LogP) is 5.20. The van der Waals surface area contributed by atoms with Crippen molar-refractivity contribution < 1.29 is 23.9 Å². The number of fused-ring (bicyclic) bond motifs is 1. The first-order chi connectivity index (χ1) is 21.8. The van der Waals surface area contributed by atoms with Crippen molar-refractivity contribution in [3.8, 4) is 16.9 Å². The van der Waals surface area contributed by atoms with Gasteiger partial charge in [0.1, 0.15) is 11.8 Å². The molecule has 11 heteroatoms. The van der Waals surface area contributed by atoms with Gasteiger partial charge in [-0.15, -0.1) is 0 Å². The zero-order valence-corrected chi connectivity index (χ0v) is 26.6. The molecule has 0 spiro atoms. The quantitative estimate of drug-likeness (QED) is 0.360. The van der Waals surface area contributed by atoms with Gasteiger partial charge in [0, 0.05) is 44.4 Å². The number of nitrogens with one attached hydrogen (secondary N) is 1. The van der Waals surface area contributed by atoms with Crippen LogP contribution in [0, 0.1) is 0 Å². The van der Waals surface area contributed by atoms with Crippen LogP contribution in [0.25, 0.3) is 11.1 Å². The van der Waals surface area contributed by atoms with Crippen molar-refractivity contribution in [2.24, 2.45) is 0 Å². The molecule has 0 aliphatic carbocycles. The van der Waals surface area contributed by atoms with Crippen LogP contribution in [0.15, 0.2) is 60.7 Å². The van der Waals surface area contributed by atoms with Gasteiger partial charge in [-0.1, -0.05) is 59.6 Å². The molecule has 2 unspecified atom stereocenters. The van der Waals surface area contributed by atoms with E-state index in [9.17, 15) is 14.4 Å². The summed E-state index contributed by atoms with van der Waals surface area (Å²) in [4.78, 5) is 46.7. The summed E-state index contributed by atoms with van der Waals surface area (Å²) in [6.07, 6.45) is 1.94. The van der Waals surface area contributed by atoms with E-state index in [1.54, 1.807) is 19.1 Å². The predicted molar refractivity (Wildman–Crippen MR) is 174 cm³/mol. The molecule has 3 aliphatic heterocycles. The Balaban J connectivity index is 1.37. The number of amides is 3. The lowest BCUT2D eigenvalue weighted by Gasteiger charge is -2.36. The lowest BCUT2D eigenvalue weighted by molar-refractivity contribution is -0.128. The molecule has 0 saturated carbocycles. The van der Waals surface area contributed by atoms with Gasteiger partial charge in [0.05, 0.1) is 35.0 Å².